The van der Waals surface area contributed by atoms with E-state index in [2.05, 4.69) is 50.5 Å². The summed E-state index contributed by atoms with van der Waals surface area (Å²) in [5.41, 5.74) is 1.18. The Morgan fingerprint density at radius 3 is 2.44 bits per heavy atom. The van der Waals surface area contributed by atoms with Gasteiger partial charge in [0.05, 0.1) is 26.4 Å². The van der Waals surface area contributed by atoms with Gasteiger partial charge in [-0.2, -0.15) is 0 Å². The van der Waals surface area contributed by atoms with Gasteiger partial charge in [0.25, 0.3) is 0 Å². The van der Waals surface area contributed by atoms with Crippen LogP contribution < -0.4 is 5.32 Å². The number of hydrogen-bond donors (Lipinski definition) is 2. The van der Waals surface area contributed by atoms with Crippen molar-refractivity contribution in [3.63, 3.8) is 0 Å². The third-order valence-electron chi connectivity index (χ3n) is 2.36. The predicted molar refractivity (Wildman–Crippen MR) is 82.4 cm³/mol. The predicted octanol–water partition coefficient (Wildman–Crippen LogP) is 2.68. The summed E-state index contributed by atoms with van der Waals surface area (Å²) in [6.07, 6.45) is 0. The number of halogens is 3. The molecule has 1 saturated heterocycles. The molecule has 1 aliphatic heterocycles. The molecule has 0 unspecified atom stereocenters. The van der Waals surface area contributed by atoms with E-state index in [1.807, 2.05) is 12.1 Å². The number of phenols is 1. The minimum absolute atomic E-state index is 0. The summed E-state index contributed by atoms with van der Waals surface area (Å²) in [7, 11) is 0. The Labute approximate surface area is 128 Å². The molecule has 0 spiro atoms. The van der Waals surface area contributed by atoms with E-state index in [0.29, 0.717) is 12.4 Å². The van der Waals surface area contributed by atoms with Crippen LogP contribution in [0.4, 0.5) is 0 Å². The topological polar surface area (TPSA) is 41.5 Å². The van der Waals surface area contributed by atoms with Crippen LogP contribution in [0.15, 0.2) is 12.1 Å². The number of aromatic hydroxyl groups is 1. The molecule has 6 heteroatoms. The zero-order valence-electron chi connectivity index (χ0n) is 8.37. The number of rotatable bonds is 1. The summed E-state index contributed by atoms with van der Waals surface area (Å²) in [6.45, 7) is 2.37. The van der Waals surface area contributed by atoms with Crippen molar-refractivity contribution >= 4 is 57.6 Å². The first-order valence-electron chi connectivity index (χ1n) is 4.67. The van der Waals surface area contributed by atoms with Crippen molar-refractivity contribution in [3.8, 4) is 5.75 Å². The van der Waals surface area contributed by atoms with E-state index >= 15 is 0 Å². The number of nitrogens with one attached hydrogen (secondary N) is 1. The molecule has 0 aromatic heterocycles. The van der Waals surface area contributed by atoms with Crippen LogP contribution in [0.3, 0.4) is 0 Å². The van der Waals surface area contributed by atoms with Gasteiger partial charge in [-0.1, -0.05) is 0 Å². The monoisotopic (exact) mass is 467 g/mol. The summed E-state index contributed by atoms with van der Waals surface area (Å²) in [6, 6.07) is 4.26. The molecule has 0 saturated carbocycles. The SMILES string of the molecule is Cl.Oc1c(I)cc([C@@H]2COCCN2)cc1I. The third-order valence-corrected chi connectivity index (χ3v) is 4.01. The second-order valence-corrected chi connectivity index (χ2v) is 5.74. The van der Waals surface area contributed by atoms with Gasteiger partial charge in [0, 0.05) is 6.54 Å². The highest BCUT2D eigenvalue weighted by Crippen LogP contribution is 2.30. The Morgan fingerprint density at radius 2 is 1.94 bits per heavy atom. The van der Waals surface area contributed by atoms with Gasteiger partial charge in [-0.05, 0) is 62.9 Å². The minimum Gasteiger partial charge on any atom is -0.506 e. The van der Waals surface area contributed by atoms with Crippen LogP contribution >= 0.6 is 57.6 Å². The molecule has 90 valence electrons. The molecule has 0 amide bonds. The van der Waals surface area contributed by atoms with Gasteiger partial charge in [0.2, 0.25) is 0 Å². The normalized spacial score (nSPS) is 20.2. The van der Waals surface area contributed by atoms with Gasteiger partial charge >= 0.3 is 0 Å². The number of benzene rings is 1. The summed E-state index contributed by atoms with van der Waals surface area (Å²) >= 11 is 4.30. The van der Waals surface area contributed by atoms with E-state index in [9.17, 15) is 5.11 Å². The van der Waals surface area contributed by atoms with Crippen LogP contribution in [0.5, 0.6) is 5.75 Å². The lowest BCUT2D eigenvalue weighted by Crippen LogP contribution is -2.34. The highest BCUT2D eigenvalue weighted by Gasteiger charge is 2.17. The van der Waals surface area contributed by atoms with Crippen LogP contribution in [0, 0.1) is 7.14 Å². The average molecular weight is 467 g/mol. The number of ether oxygens (including phenoxy) is 1. The Hall–Kier alpha value is 0.690. The van der Waals surface area contributed by atoms with Crippen LogP contribution in [0.25, 0.3) is 0 Å². The van der Waals surface area contributed by atoms with Crippen LogP contribution in [0.1, 0.15) is 11.6 Å². The zero-order valence-corrected chi connectivity index (χ0v) is 13.5. The maximum atomic E-state index is 9.66. The molecule has 1 aromatic rings. The summed E-state index contributed by atoms with van der Waals surface area (Å²) in [4.78, 5) is 0. The molecule has 3 nitrogen and oxygen atoms in total. The molecule has 1 heterocycles. The lowest BCUT2D eigenvalue weighted by Gasteiger charge is -2.24. The van der Waals surface area contributed by atoms with Gasteiger partial charge in [0.1, 0.15) is 5.75 Å². The fourth-order valence-corrected chi connectivity index (χ4v) is 3.38. The van der Waals surface area contributed by atoms with E-state index < -0.39 is 0 Å². The van der Waals surface area contributed by atoms with Gasteiger partial charge < -0.3 is 15.2 Å². The number of hydrogen-bond acceptors (Lipinski definition) is 3. The van der Waals surface area contributed by atoms with Gasteiger partial charge in [0.15, 0.2) is 0 Å². The minimum atomic E-state index is 0. The zero-order chi connectivity index (χ0) is 10.8. The Balaban J connectivity index is 0.00000128. The molecule has 1 aliphatic rings. The molecule has 1 aromatic carbocycles. The largest absolute Gasteiger partial charge is 0.506 e. The van der Waals surface area contributed by atoms with E-state index in [1.165, 1.54) is 5.56 Å². The first-order chi connectivity index (χ1) is 7.18. The van der Waals surface area contributed by atoms with E-state index in [4.69, 9.17) is 4.74 Å². The van der Waals surface area contributed by atoms with Crippen molar-refractivity contribution in [1.82, 2.24) is 5.32 Å². The Bertz CT molecular complexity index is 347. The number of morpholine rings is 1. The van der Waals surface area contributed by atoms with Crippen molar-refractivity contribution < 1.29 is 9.84 Å². The summed E-state index contributed by atoms with van der Waals surface area (Å²) < 4.78 is 7.20. The first kappa shape index (κ1) is 14.7. The van der Waals surface area contributed by atoms with E-state index in [0.717, 1.165) is 20.3 Å². The van der Waals surface area contributed by atoms with Crippen LogP contribution in [-0.2, 0) is 4.74 Å². The second kappa shape index (κ2) is 6.58. The number of phenolic OH excluding ortho intramolecular Hbond substituents is 1. The first-order valence-corrected chi connectivity index (χ1v) is 6.83. The second-order valence-electron chi connectivity index (χ2n) is 3.41. The average Bonchev–Trinajstić information content (AvgIpc) is 2.26. The maximum absolute atomic E-state index is 9.66. The fraction of sp³-hybridized carbons (Fsp3) is 0.400. The lowest BCUT2D eigenvalue weighted by molar-refractivity contribution is 0.0768. The molecule has 0 aliphatic carbocycles. The van der Waals surface area contributed by atoms with Crippen LogP contribution in [0.2, 0.25) is 0 Å². The van der Waals surface area contributed by atoms with Crippen molar-refractivity contribution in [1.29, 1.82) is 0 Å². The summed E-state index contributed by atoms with van der Waals surface area (Å²) in [5.74, 6) is 0.372. The van der Waals surface area contributed by atoms with Gasteiger partial charge in [-0.25, -0.2) is 0 Å². The van der Waals surface area contributed by atoms with Gasteiger partial charge in [-0.3, -0.25) is 0 Å². The third kappa shape index (κ3) is 3.34. The van der Waals surface area contributed by atoms with Crippen LogP contribution in [-0.4, -0.2) is 24.9 Å². The van der Waals surface area contributed by atoms with E-state index in [1.54, 1.807) is 0 Å². The molecule has 0 radical (unpaired) electrons. The standard InChI is InChI=1S/C10H11I2NO2.ClH/c11-7-3-6(4-8(12)10(7)14)9-5-15-2-1-13-9;/h3-4,9,13-14H,1-2,5H2;1H/t9-;/m0./s1. The molecule has 2 N–H and O–H groups in total. The highest BCUT2D eigenvalue weighted by atomic mass is 127. The lowest BCUT2D eigenvalue weighted by atomic mass is 10.1. The summed E-state index contributed by atoms with van der Waals surface area (Å²) in [5, 5.41) is 13.1. The molecular formula is C10H12ClI2NO2. The quantitative estimate of drug-likeness (QED) is 0.625. The maximum Gasteiger partial charge on any atom is 0.142 e. The van der Waals surface area contributed by atoms with Gasteiger partial charge in [-0.15, -0.1) is 12.4 Å². The van der Waals surface area contributed by atoms with Crippen molar-refractivity contribution in [2.45, 2.75) is 6.04 Å². The molecular weight excluding hydrogens is 455 g/mol. The van der Waals surface area contributed by atoms with E-state index in [-0.39, 0.29) is 18.4 Å². The van der Waals surface area contributed by atoms with Crippen molar-refractivity contribution in [2.24, 2.45) is 0 Å². The molecule has 2 rings (SSSR count). The fourth-order valence-electron chi connectivity index (χ4n) is 1.57. The molecule has 16 heavy (non-hydrogen) atoms. The smallest absolute Gasteiger partial charge is 0.142 e. The van der Waals surface area contributed by atoms with Crippen molar-refractivity contribution in [2.75, 3.05) is 19.8 Å². The molecule has 1 fully saturated rings. The molecule has 0 bridgehead atoms. The Kier molecular flexibility index (Phi) is 6.06. The molecule has 1 atom stereocenters. The highest BCUT2D eigenvalue weighted by molar-refractivity contribution is 14.1. The van der Waals surface area contributed by atoms with Crippen molar-refractivity contribution in [3.05, 3.63) is 24.8 Å². The Morgan fingerprint density at radius 1 is 1.31 bits per heavy atom.